The molecule has 0 bridgehead atoms. The van der Waals surface area contributed by atoms with Crippen LogP contribution in [0.5, 0.6) is 5.75 Å². The van der Waals surface area contributed by atoms with Gasteiger partial charge in [0.1, 0.15) is 12.4 Å². The molecule has 5 aromatic rings. The number of allylic oxidation sites excluding steroid dienone is 10. The lowest BCUT2D eigenvalue weighted by molar-refractivity contribution is 0.359. The van der Waals surface area contributed by atoms with Gasteiger partial charge in [0, 0.05) is 23.5 Å². The Hall–Kier alpha value is -6.64. The van der Waals surface area contributed by atoms with Crippen molar-refractivity contribution in [2.75, 3.05) is 6.61 Å². The molecule has 0 aromatic heterocycles. The van der Waals surface area contributed by atoms with Gasteiger partial charge in [0.15, 0.2) is 0 Å². The lowest BCUT2D eigenvalue weighted by atomic mass is 9.71. The predicted octanol–water partition coefficient (Wildman–Crippen LogP) is 13.7. The molecule has 4 aliphatic rings. The van der Waals surface area contributed by atoms with E-state index in [4.69, 9.17) is 11.3 Å². The summed E-state index contributed by atoms with van der Waals surface area (Å²) < 4.78 is 6.18. The number of benzene rings is 5. The van der Waals surface area contributed by atoms with Crippen LogP contribution in [0, 0.1) is 0 Å². The van der Waals surface area contributed by atoms with Gasteiger partial charge in [-0.15, -0.1) is 6.58 Å². The smallest absolute Gasteiger partial charge is 0.123 e. The highest BCUT2D eigenvalue weighted by Gasteiger charge is 2.40. The summed E-state index contributed by atoms with van der Waals surface area (Å²) in [5.74, 6) is 1.09. The Bertz CT molecular complexity index is 2550. The van der Waals surface area contributed by atoms with Crippen LogP contribution in [0.15, 0.2) is 207 Å². The molecule has 0 fully saturated rings. The maximum atomic E-state index is 6.18. The fraction of sp³-hybridized carbons (Fsp3) is 0.158. The number of ether oxygens (including phenoxy) is 1. The molecule has 59 heavy (non-hydrogen) atoms. The van der Waals surface area contributed by atoms with E-state index in [1.807, 2.05) is 6.07 Å². The molecule has 0 radical (unpaired) electrons. The van der Waals surface area contributed by atoms with Crippen LogP contribution < -0.4 is 4.74 Å². The Kier molecular flexibility index (Phi) is 11.0. The zero-order chi connectivity index (χ0) is 40.0. The maximum Gasteiger partial charge on any atom is 0.123 e. The summed E-state index contributed by atoms with van der Waals surface area (Å²) in [6.45, 7) is 9.57. The minimum atomic E-state index is -0.420. The average molecular weight is 766 g/mol. The van der Waals surface area contributed by atoms with Gasteiger partial charge >= 0.3 is 0 Å². The highest BCUT2D eigenvalue weighted by molar-refractivity contribution is 5.87. The summed E-state index contributed by atoms with van der Waals surface area (Å²) >= 11 is 0. The fourth-order valence-electron chi connectivity index (χ4n) is 9.45. The summed E-state index contributed by atoms with van der Waals surface area (Å²) in [7, 11) is 0. The predicted molar refractivity (Wildman–Crippen MR) is 248 cm³/mol. The van der Waals surface area contributed by atoms with E-state index in [0.717, 1.165) is 61.2 Å². The van der Waals surface area contributed by atoms with Crippen LogP contribution >= 0.6 is 0 Å². The second kappa shape index (κ2) is 17.1. The molecule has 290 valence electrons. The number of para-hydroxylation sites is 1. The lowest BCUT2D eigenvalue weighted by Crippen LogP contribution is -2.25. The van der Waals surface area contributed by atoms with E-state index >= 15 is 0 Å². The van der Waals surface area contributed by atoms with Crippen LogP contribution in [0.4, 0.5) is 0 Å². The highest BCUT2D eigenvalue weighted by atomic mass is 16.5. The normalized spacial score (nSPS) is 16.7. The number of hydrogen-bond donors (Lipinski definition) is 0. The second-order valence-corrected chi connectivity index (χ2v) is 15.8. The molecule has 0 spiro atoms. The van der Waals surface area contributed by atoms with Crippen molar-refractivity contribution in [2.45, 2.75) is 49.9 Å². The summed E-state index contributed by atoms with van der Waals surface area (Å²) in [4.78, 5) is 2.23. The molecule has 3 aliphatic carbocycles. The van der Waals surface area contributed by atoms with Gasteiger partial charge in [-0.2, -0.15) is 0 Å². The molecular formula is C57H51NO. The van der Waals surface area contributed by atoms with Gasteiger partial charge in [-0.3, -0.25) is 0 Å². The first-order chi connectivity index (χ1) is 29.1. The van der Waals surface area contributed by atoms with Crippen molar-refractivity contribution < 1.29 is 4.74 Å². The van der Waals surface area contributed by atoms with Gasteiger partial charge in [-0.25, -0.2) is 0 Å². The Labute approximate surface area is 350 Å². The van der Waals surface area contributed by atoms with E-state index < -0.39 is 5.41 Å². The monoisotopic (exact) mass is 765 g/mol. The Morgan fingerprint density at radius 2 is 1.49 bits per heavy atom. The third-order valence-electron chi connectivity index (χ3n) is 12.4. The topological polar surface area (TPSA) is 12.5 Å². The van der Waals surface area contributed by atoms with Gasteiger partial charge < -0.3 is 9.64 Å². The van der Waals surface area contributed by atoms with Gasteiger partial charge in [-0.05, 0) is 124 Å². The number of fused-ring (bicyclic) bond motifs is 5. The molecular weight excluding hydrogens is 715 g/mol. The Morgan fingerprint density at radius 1 is 0.780 bits per heavy atom. The summed E-state index contributed by atoms with van der Waals surface area (Å²) in [6, 6.07) is 41.3. The van der Waals surface area contributed by atoms with Gasteiger partial charge in [0.2, 0.25) is 0 Å². The van der Waals surface area contributed by atoms with Crippen LogP contribution in [0.1, 0.15) is 80.8 Å². The average Bonchev–Trinajstić information content (AvgIpc) is 3.68. The summed E-state index contributed by atoms with van der Waals surface area (Å²) in [5, 5.41) is 0. The molecule has 1 aliphatic heterocycles. The molecule has 0 saturated heterocycles. The van der Waals surface area contributed by atoms with Crippen LogP contribution in [0.3, 0.4) is 0 Å². The maximum absolute atomic E-state index is 6.18. The van der Waals surface area contributed by atoms with E-state index in [9.17, 15) is 0 Å². The van der Waals surface area contributed by atoms with Crippen molar-refractivity contribution in [1.29, 1.82) is 0 Å². The Morgan fingerprint density at radius 3 is 2.29 bits per heavy atom. The minimum absolute atomic E-state index is 0.170. The zero-order valence-electron chi connectivity index (χ0n) is 33.8. The van der Waals surface area contributed by atoms with Crippen molar-refractivity contribution in [3.05, 3.63) is 262 Å². The first-order valence-electron chi connectivity index (χ1n) is 21.1. The van der Waals surface area contributed by atoms with Crippen molar-refractivity contribution >= 4 is 17.7 Å². The highest BCUT2D eigenvalue weighted by Crippen LogP contribution is 2.50. The molecule has 9 rings (SSSR count). The molecule has 0 N–H and O–H groups in total. The first-order valence-corrected chi connectivity index (χ1v) is 21.1. The van der Waals surface area contributed by atoms with E-state index in [1.165, 1.54) is 55.6 Å². The summed E-state index contributed by atoms with van der Waals surface area (Å²) in [6.07, 6.45) is 35.4. The van der Waals surface area contributed by atoms with E-state index in [1.54, 1.807) is 0 Å². The number of rotatable bonds is 11. The standard InChI is InChI=1S/C57H51NO/c1-3-43(54-40-45-21-10-12-28-50(45)52-30-13-14-31-53(52)54)22-18-38-58(49-27-19-39-59-56-33-17-11-20-44(56)36-37-49)42(2)34-35-46-41-57(47-23-6-4-7-24-47,48-25-8-5-9-26-48)55-32-16-15-29-51(46)55/h3-11,14-21,23-27,29,31-35,37-38,40-41,43H,1-2,12-13,22,28,30,36,39H2/b27-19?,35-34-,38-18+,49-37?. The molecule has 1 unspecified atom stereocenters. The lowest BCUT2D eigenvalue weighted by Gasteiger charge is -2.30. The van der Waals surface area contributed by atoms with Crippen LogP contribution in [-0.2, 0) is 24.7 Å². The first kappa shape index (κ1) is 37.9. The molecule has 2 heteroatoms. The van der Waals surface area contributed by atoms with E-state index in [2.05, 4.69) is 200 Å². The Balaban J connectivity index is 1.08. The molecule has 1 atom stereocenters. The van der Waals surface area contributed by atoms with Crippen LogP contribution in [0.25, 0.3) is 17.7 Å². The van der Waals surface area contributed by atoms with Crippen LogP contribution in [-0.4, -0.2) is 11.5 Å². The molecule has 0 amide bonds. The fourth-order valence-corrected chi connectivity index (χ4v) is 9.45. The van der Waals surface area contributed by atoms with E-state index in [-0.39, 0.29) is 5.92 Å². The zero-order valence-corrected chi connectivity index (χ0v) is 33.8. The van der Waals surface area contributed by atoms with Gasteiger partial charge in [-0.1, -0.05) is 170 Å². The number of hydrogen-bond acceptors (Lipinski definition) is 2. The van der Waals surface area contributed by atoms with Crippen molar-refractivity contribution in [3.63, 3.8) is 0 Å². The van der Waals surface area contributed by atoms with E-state index in [0.29, 0.717) is 6.61 Å². The molecule has 0 saturated carbocycles. The molecule has 5 aromatic carbocycles. The third-order valence-corrected chi connectivity index (χ3v) is 12.4. The summed E-state index contributed by atoms with van der Waals surface area (Å²) in [5.41, 5.74) is 16.1. The SMILES string of the molecule is C=CC(C/C=C/N(C(=C)/C=C\C1=CC(c2ccccc2)(c2ccccc2)c2ccccc21)C1=CCc2ccccc2OCC=C1)c1cc2c(c3c1C=CCC3)CCC=C2. The molecule has 2 nitrogen and oxygen atoms in total. The van der Waals surface area contributed by atoms with Gasteiger partial charge in [0.25, 0.3) is 0 Å². The van der Waals surface area contributed by atoms with Crippen molar-refractivity contribution in [2.24, 2.45) is 0 Å². The minimum Gasteiger partial charge on any atom is -0.489 e. The quantitative estimate of drug-likeness (QED) is 0.0981. The second-order valence-electron chi connectivity index (χ2n) is 15.8. The third kappa shape index (κ3) is 7.48. The van der Waals surface area contributed by atoms with Gasteiger partial charge in [0.05, 0.1) is 5.41 Å². The largest absolute Gasteiger partial charge is 0.489 e. The van der Waals surface area contributed by atoms with Crippen molar-refractivity contribution in [3.8, 4) is 5.75 Å². The van der Waals surface area contributed by atoms with Crippen LogP contribution in [0.2, 0.25) is 0 Å². The number of nitrogens with zero attached hydrogens (tertiary/aromatic N) is 1. The van der Waals surface area contributed by atoms with Crippen molar-refractivity contribution in [1.82, 2.24) is 4.90 Å². The molecule has 1 heterocycles.